The number of hydrogen-bond acceptors (Lipinski definition) is 4. The molecule has 0 N–H and O–H groups in total. The monoisotopic (exact) mass is 252 g/mol. The lowest BCUT2D eigenvalue weighted by molar-refractivity contribution is 0.0875. The average molecular weight is 252 g/mol. The maximum atomic E-state index is 12.0. The number of carbonyl (C=O) groups is 1. The minimum Gasteiger partial charge on any atom is -0.306 e. The van der Waals surface area contributed by atoms with Gasteiger partial charge in [0.05, 0.1) is 11.4 Å². The summed E-state index contributed by atoms with van der Waals surface area (Å²) in [5.41, 5.74) is 0. The number of thiophene rings is 1. The van der Waals surface area contributed by atoms with E-state index in [-0.39, 0.29) is 5.78 Å². The molecule has 1 aromatic heterocycles. The Morgan fingerprint density at radius 2 is 2.24 bits per heavy atom. The van der Waals surface area contributed by atoms with Crippen molar-refractivity contribution in [3.8, 4) is 0 Å². The molecule has 0 aliphatic carbocycles. The van der Waals surface area contributed by atoms with E-state index >= 15 is 0 Å². The summed E-state index contributed by atoms with van der Waals surface area (Å²) in [6.07, 6.45) is 2.34. The van der Waals surface area contributed by atoms with Crippen LogP contribution in [0.1, 0.15) is 22.5 Å². The summed E-state index contributed by atoms with van der Waals surface area (Å²) in [4.78, 5) is 17.4. The van der Waals surface area contributed by atoms with Gasteiger partial charge in [-0.2, -0.15) is 0 Å². The van der Waals surface area contributed by atoms with Gasteiger partial charge in [0, 0.05) is 6.04 Å². The second-order valence-corrected chi connectivity index (χ2v) is 5.80. The third-order valence-corrected chi connectivity index (χ3v) is 4.41. The van der Waals surface area contributed by atoms with E-state index in [0.717, 1.165) is 18.0 Å². The van der Waals surface area contributed by atoms with E-state index in [1.165, 1.54) is 24.2 Å². The lowest BCUT2D eigenvalue weighted by atomic mass is 10.0. The molecule has 3 nitrogen and oxygen atoms in total. The fourth-order valence-corrected chi connectivity index (χ4v) is 2.96. The van der Waals surface area contributed by atoms with Crippen LogP contribution in [0.15, 0.2) is 17.5 Å². The van der Waals surface area contributed by atoms with Gasteiger partial charge in [-0.15, -0.1) is 11.3 Å². The van der Waals surface area contributed by atoms with Gasteiger partial charge in [-0.1, -0.05) is 6.07 Å². The predicted molar refractivity (Wildman–Crippen MR) is 71.8 cm³/mol. The molecule has 0 spiro atoms. The van der Waals surface area contributed by atoms with E-state index in [1.54, 1.807) is 0 Å². The highest BCUT2D eigenvalue weighted by Crippen LogP contribution is 2.16. The molecule has 0 amide bonds. The van der Waals surface area contributed by atoms with Crippen molar-refractivity contribution in [2.45, 2.75) is 18.9 Å². The van der Waals surface area contributed by atoms with Gasteiger partial charge in [0.2, 0.25) is 0 Å². The SMILES string of the molecule is CN1CCC(N(C)CC(=O)c2cccs2)CC1. The molecular weight excluding hydrogens is 232 g/mol. The Labute approximate surface area is 107 Å². The summed E-state index contributed by atoms with van der Waals surface area (Å²) in [5.74, 6) is 0.251. The van der Waals surface area contributed by atoms with Crippen LogP contribution in [0.5, 0.6) is 0 Å². The lowest BCUT2D eigenvalue weighted by Crippen LogP contribution is -2.43. The van der Waals surface area contributed by atoms with Crippen LogP contribution in [0, 0.1) is 0 Å². The highest BCUT2D eigenvalue weighted by Gasteiger charge is 2.22. The Morgan fingerprint density at radius 3 is 2.82 bits per heavy atom. The molecule has 1 aliphatic rings. The Hall–Kier alpha value is -0.710. The fraction of sp³-hybridized carbons (Fsp3) is 0.615. The molecule has 1 saturated heterocycles. The quantitative estimate of drug-likeness (QED) is 0.765. The molecule has 94 valence electrons. The van der Waals surface area contributed by atoms with Gasteiger partial charge in [0.15, 0.2) is 5.78 Å². The van der Waals surface area contributed by atoms with Crippen molar-refractivity contribution in [3.63, 3.8) is 0 Å². The summed E-state index contributed by atoms with van der Waals surface area (Å²) in [7, 11) is 4.23. The number of hydrogen-bond donors (Lipinski definition) is 0. The zero-order valence-electron chi connectivity index (χ0n) is 10.6. The molecule has 0 saturated carbocycles. The molecule has 0 atom stereocenters. The van der Waals surface area contributed by atoms with Gasteiger partial charge in [0.1, 0.15) is 0 Å². The normalized spacial score (nSPS) is 18.8. The highest BCUT2D eigenvalue weighted by molar-refractivity contribution is 7.12. The van der Waals surface area contributed by atoms with Crippen molar-refractivity contribution in [2.24, 2.45) is 0 Å². The third-order valence-electron chi connectivity index (χ3n) is 3.50. The van der Waals surface area contributed by atoms with Crippen LogP contribution in [0.4, 0.5) is 0 Å². The van der Waals surface area contributed by atoms with Crippen LogP contribution >= 0.6 is 11.3 Å². The summed E-state index contributed by atoms with van der Waals surface area (Å²) in [6.45, 7) is 2.83. The number of rotatable bonds is 4. The number of nitrogens with zero attached hydrogens (tertiary/aromatic N) is 2. The first-order chi connectivity index (χ1) is 8.16. The average Bonchev–Trinajstić information content (AvgIpc) is 2.83. The second-order valence-electron chi connectivity index (χ2n) is 4.85. The van der Waals surface area contributed by atoms with Gasteiger partial charge >= 0.3 is 0 Å². The molecule has 0 radical (unpaired) electrons. The number of ketones is 1. The first-order valence-corrected chi connectivity index (χ1v) is 7.00. The van der Waals surface area contributed by atoms with Crippen molar-refractivity contribution < 1.29 is 4.79 Å². The van der Waals surface area contributed by atoms with E-state index in [1.807, 2.05) is 17.5 Å². The zero-order valence-corrected chi connectivity index (χ0v) is 11.4. The minimum atomic E-state index is 0.251. The summed E-state index contributed by atoms with van der Waals surface area (Å²) >= 11 is 1.54. The Bertz CT molecular complexity index is 356. The largest absolute Gasteiger partial charge is 0.306 e. The minimum absolute atomic E-state index is 0.251. The Balaban J connectivity index is 1.84. The standard InChI is InChI=1S/C13H20N2OS/c1-14-7-5-11(6-8-14)15(2)10-12(16)13-4-3-9-17-13/h3-4,9,11H,5-8,10H2,1-2H3. The van der Waals surface area contributed by atoms with E-state index in [4.69, 9.17) is 0 Å². The summed E-state index contributed by atoms with van der Waals surface area (Å²) < 4.78 is 0. The topological polar surface area (TPSA) is 23.6 Å². The molecule has 1 fully saturated rings. The van der Waals surface area contributed by atoms with Gasteiger partial charge in [-0.25, -0.2) is 0 Å². The van der Waals surface area contributed by atoms with Gasteiger partial charge < -0.3 is 4.90 Å². The first-order valence-electron chi connectivity index (χ1n) is 6.12. The molecule has 1 aliphatic heterocycles. The molecule has 1 aromatic rings. The van der Waals surface area contributed by atoms with Crippen molar-refractivity contribution >= 4 is 17.1 Å². The molecule has 2 heterocycles. The van der Waals surface area contributed by atoms with Gasteiger partial charge in [-0.3, -0.25) is 9.69 Å². The van der Waals surface area contributed by atoms with E-state index in [0.29, 0.717) is 12.6 Å². The number of piperidine rings is 1. The molecule has 2 rings (SSSR count). The van der Waals surface area contributed by atoms with Crippen LogP contribution in [0.25, 0.3) is 0 Å². The van der Waals surface area contributed by atoms with E-state index < -0.39 is 0 Å². The number of likely N-dealkylation sites (tertiary alicyclic amines) is 1. The van der Waals surface area contributed by atoms with Crippen molar-refractivity contribution in [2.75, 3.05) is 33.7 Å². The van der Waals surface area contributed by atoms with Crippen LogP contribution in [-0.2, 0) is 0 Å². The second kappa shape index (κ2) is 5.76. The number of likely N-dealkylation sites (N-methyl/N-ethyl adjacent to an activating group) is 1. The molecule has 0 bridgehead atoms. The van der Waals surface area contributed by atoms with Crippen molar-refractivity contribution in [1.29, 1.82) is 0 Å². The molecular formula is C13H20N2OS. The highest BCUT2D eigenvalue weighted by atomic mass is 32.1. The molecule has 0 aromatic carbocycles. The predicted octanol–water partition coefficient (Wildman–Crippen LogP) is 1.96. The van der Waals surface area contributed by atoms with Crippen LogP contribution in [0.3, 0.4) is 0 Å². The van der Waals surface area contributed by atoms with Gasteiger partial charge in [0.25, 0.3) is 0 Å². The summed E-state index contributed by atoms with van der Waals surface area (Å²) in [6, 6.07) is 4.42. The smallest absolute Gasteiger partial charge is 0.186 e. The molecule has 0 unspecified atom stereocenters. The Kier molecular flexibility index (Phi) is 4.31. The zero-order chi connectivity index (χ0) is 12.3. The summed E-state index contributed by atoms with van der Waals surface area (Å²) in [5, 5.41) is 1.96. The first kappa shape index (κ1) is 12.7. The van der Waals surface area contributed by atoms with Crippen molar-refractivity contribution in [3.05, 3.63) is 22.4 Å². The van der Waals surface area contributed by atoms with Gasteiger partial charge in [-0.05, 0) is 51.5 Å². The number of Topliss-reactive ketones (excluding diaryl/α,β-unsaturated/α-hetero) is 1. The fourth-order valence-electron chi connectivity index (χ4n) is 2.31. The molecule has 4 heteroatoms. The maximum absolute atomic E-state index is 12.0. The van der Waals surface area contributed by atoms with E-state index in [2.05, 4.69) is 23.9 Å². The van der Waals surface area contributed by atoms with Crippen LogP contribution in [-0.4, -0.2) is 55.4 Å². The maximum Gasteiger partial charge on any atom is 0.186 e. The molecule has 17 heavy (non-hydrogen) atoms. The van der Waals surface area contributed by atoms with Crippen molar-refractivity contribution in [1.82, 2.24) is 9.80 Å². The van der Waals surface area contributed by atoms with Crippen LogP contribution in [0.2, 0.25) is 0 Å². The van der Waals surface area contributed by atoms with Crippen LogP contribution < -0.4 is 0 Å². The third kappa shape index (κ3) is 3.37. The Morgan fingerprint density at radius 1 is 1.53 bits per heavy atom. The lowest BCUT2D eigenvalue weighted by Gasteiger charge is -2.34. The van der Waals surface area contributed by atoms with E-state index in [9.17, 15) is 4.79 Å². The number of carbonyl (C=O) groups excluding carboxylic acids is 1.